The summed E-state index contributed by atoms with van der Waals surface area (Å²) in [5.41, 5.74) is 3.98. The van der Waals surface area contributed by atoms with Gasteiger partial charge in [-0.15, -0.1) is 0 Å². The highest BCUT2D eigenvalue weighted by molar-refractivity contribution is 6.59. The molecule has 0 saturated carbocycles. The van der Waals surface area contributed by atoms with Gasteiger partial charge in [0.25, 0.3) is 0 Å². The summed E-state index contributed by atoms with van der Waals surface area (Å²) in [7, 11) is -1.39. The van der Waals surface area contributed by atoms with Crippen LogP contribution in [0.3, 0.4) is 0 Å². The molecule has 1 aromatic rings. The van der Waals surface area contributed by atoms with Crippen molar-refractivity contribution in [1.82, 2.24) is 0 Å². The van der Waals surface area contributed by atoms with Gasteiger partial charge in [-0.2, -0.15) is 0 Å². The second-order valence-electron chi connectivity index (χ2n) is 5.19. The number of rotatable bonds is 1. The van der Waals surface area contributed by atoms with E-state index in [9.17, 15) is 10.0 Å². The molecule has 0 spiro atoms. The summed E-state index contributed by atoms with van der Waals surface area (Å²) in [5, 5.41) is 21.8. The third-order valence-corrected chi connectivity index (χ3v) is 3.48. The van der Waals surface area contributed by atoms with Crippen molar-refractivity contribution in [3.8, 4) is 0 Å². The predicted octanol–water partition coefficient (Wildman–Crippen LogP) is 0.768. The maximum atomic E-state index is 9.26. The normalized spacial score (nSPS) is 17.6. The molecule has 0 unspecified atom stereocenters. The Kier molecular flexibility index (Phi) is 2.72. The highest BCUT2D eigenvalue weighted by Gasteiger charge is 2.29. The van der Waals surface area contributed by atoms with Crippen LogP contribution in [0.15, 0.2) is 12.1 Å². The molecule has 3 nitrogen and oxygen atoms in total. The SMILES string of the molecule is Cc1cc2c(cc1B(O)O)NCCC2(C)C. The van der Waals surface area contributed by atoms with Crippen LogP contribution in [0.2, 0.25) is 0 Å². The molecule has 0 atom stereocenters. The Morgan fingerprint density at radius 2 is 2.00 bits per heavy atom. The largest absolute Gasteiger partial charge is 0.488 e. The fourth-order valence-electron chi connectivity index (χ4n) is 2.35. The van der Waals surface area contributed by atoms with E-state index in [0.29, 0.717) is 5.46 Å². The fourth-order valence-corrected chi connectivity index (χ4v) is 2.35. The van der Waals surface area contributed by atoms with Crippen LogP contribution in [-0.4, -0.2) is 23.7 Å². The van der Waals surface area contributed by atoms with E-state index in [1.165, 1.54) is 5.56 Å². The molecule has 0 saturated heterocycles. The maximum absolute atomic E-state index is 9.26. The molecule has 2 rings (SSSR count). The van der Waals surface area contributed by atoms with Gasteiger partial charge in [-0.3, -0.25) is 0 Å². The van der Waals surface area contributed by atoms with Crippen LogP contribution in [0.5, 0.6) is 0 Å². The summed E-state index contributed by atoms with van der Waals surface area (Å²) >= 11 is 0. The van der Waals surface area contributed by atoms with Crippen molar-refractivity contribution in [2.24, 2.45) is 0 Å². The summed E-state index contributed by atoms with van der Waals surface area (Å²) in [6.45, 7) is 7.30. The predicted molar refractivity (Wildman–Crippen MR) is 67.1 cm³/mol. The van der Waals surface area contributed by atoms with Crippen molar-refractivity contribution in [3.05, 3.63) is 23.3 Å². The summed E-state index contributed by atoms with van der Waals surface area (Å²) < 4.78 is 0. The van der Waals surface area contributed by atoms with E-state index in [0.717, 1.165) is 24.2 Å². The molecule has 0 radical (unpaired) electrons. The molecule has 4 heteroatoms. The lowest BCUT2D eigenvalue weighted by Crippen LogP contribution is -2.35. The van der Waals surface area contributed by atoms with Gasteiger partial charge in [-0.1, -0.05) is 25.5 Å². The van der Waals surface area contributed by atoms with E-state index in [2.05, 4.69) is 25.2 Å². The van der Waals surface area contributed by atoms with Gasteiger partial charge >= 0.3 is 7.12 Å². The fraction of sp³-hybridized carbons (Fsp3) is 0.500. The lowest BCUT2D eigenvalue weighted by Gasteiger charge is -2.34. The lowest BCUT2D eigenvalue weighted by atomic mass is 9.72. The summed E-state index contributed by atoms with van der Waals surface area (Å²) in [6.07, 6.45) is 1.10. The smallest absolute Gasteiger partial charge is 0.423 e. The Hall–Kier alpha value is -0.995. The molecular weight excluding hydrogens is 201 g/mol. The summed E-state index contributed by atoms with van der Waals surface area (Å²) in [4.78, 5) is 0. The number of hydrogen-bond acceptors (Lipinski definition) is 3. The zero-order chi connectivity index (χ0) is 11.9. The molecule has 86 valence electrons. The molecule has 16 heavy (non-hydrogen) atoms. The van der Waals surface area contributed by atoms with Gasteiger partial charge in [0.05, 0.1) is 0 Å². The molecule has 1 aliphatic rings. The monoisotopic (exact) mass is 219 g/mol. The second-order valence-corrected chi connectivity index (χ2v) is 5.19. The molecule has 1 heterocycles. The minimum Gasteiger partial charge on any atom is -0.423 e. The molecule has 0 amide bonds. The molecule has 1 aromatic carbocycles. The molecule has 3 N–H and O–H groups in total. The maximum Gasteiger partial charge on any atom is 0.488 e. The Balaban J connectivity index is 2.55. The number of fused-ring (bicyclic) bond motifs is 1. The topological polar surface area (TPSA) is 52.5 Å². The van der Waals surface area contributed by atoms with E-state index in [1.807, 2.05) is 13.0 Å². The Morgan fingerprint density at radius 3 is 2.62 bits per heavy atom. The van der Waals surface area contributed by atoms with Crippen LogP contribution < -0.4 is 10.8 Å². The van der Waals surface area contributed by atoms with Crippen LogP contribution in [0.25, 0.3) is 0 Å². The first-order chi connectivity index (χ1) is 7.42. The quantitative estimate of drug-likeness (QED) is 0.611. The number of nitrogens with one attached hydrogen (secondary N) is 1. The zero-order valence-corrected chi connectivity index (χ0v) is 10.0. The molecule has 0 aromatic heterocycles. The summed E-state index contributed by atoms with van der Waals surface area (Å²) in [5.74, 6) is 0. The standard InChI is InChI=1S/C12H18BNO2/c1-8-6-9-11(7-10(8)13(15)16)14-5-4-12(9,2)3/h6-7,14-16H,4-5H2,1-3H3. The Bertz CT molecular complexity index is 416. The highest BCUT2D eigenvalue weighted by atomic mass is 16.4. The third kappa shape index (κ3) is 1.83. The highest BCUT2D eigenvalue weighted by Crippen LogP contribution is 2.36. The first kappa shape index (κ1) is 11.5. The van der Waals surface area contributed by atoms with Gasteiger partial charge in [-0.25, -0.2) is 0 Å². The van der Waals surface area contributed by atoms with Gasteiger partial charge in [0.15, 0.2) is 0 Å². The minimum atomic E-state index is -1.39. The first-order valence-corrected chi connectivity index (χ1v) is 5.67. The van der Waals surface area contributed by atoms with Crippen molar-refractivity contribution in [2.45, 2.75) is 32.6 Å². The van der Waals surface area contributed by atoms with Crippen molar-refractivity contribution in [2.75, 3.05) is 11.9 Å². The molecule has 0 fully saturated rings. The van der Waals surface area contributed by atoms with Crippen LogP contribution in [0.4, 0.5) is 5.69 Å². The van der Waals surface area contributed by atoms with Gasteiger partial charge in [0.1, 0.15) is 0 Å². The number of benzene rings is 1. The lowest BCUT2D eigenvalue weighted by molar-refractivity contribution is 0.425. The Labute approximate surface area is 96.6 Å². The van der Waals surface area contributed by atoms with E-state index in [-0.39, 0.29) is 5.41 Å². The number of hydrogen-bond donors (Lipinski definition) is 3. The van der Waals surface area contributed by atoms with E-state index in [1.54, 1.807) is 0 Å². The molecule has 0 bridgehead atoms. The van der Waals surface area contributed by atoms with Crippen molar-refractivity contribution in [3.63, 3.8) is 0 Å². The van der Waals surface area contributed by atoms with Crippen LogP contribution in [0, 0.1) is 6.92 Å². The van der Waals surface area contributed by atoms with Crippen LogP contribution in [0.1, 0.15) is 31.4 Å². The minimum absolute atomic E-state index is 0.157. The van der Waals surface area contributed by atoms with Gasteiger partial charge in [0.2, 0.25) is 0 Å². The molecular formula is C12H18BNO2. The van der Waals surface area contributed by atoms with E-state index in [4.69, 9.17) is 0 Å². The average molecular weight is 219 g/mol. The second kappa shape index (κ2) is 3.79. The van der Waals surface area contributed by atoms with Crippen LogP contribution >= 0.6 is 0 Å². The van der Waals surface area contributed by atoms with E-state index < -0.39 is 7.12 Å². The average Bonchev–Trinajstić information content (AvgIpc) is 2.17. The number of anilines is 1. The molecule has 0 aliphatic carbocycles. The van der Waals surface area contributed by atoms with Crippen molar-refractivity contribution >= 4 is 18.3 Å². The van der Waals surface area contributed by atoms with Crippen molar-refractivity contribution < 1.29 is 10.0 Å². The summed E-state index contributed by atoms with van der Waals surface area (Å²) in [6, 6.07) is 3.92. The van der Waals surface area contributed by atoms with Gasteiger partial charge in [-0.05, 0) is 35.9 Å². The third-order valence-electron chi connectivity index (χ3n) is 3.48. The Morgan fingerprint density at radius 1 is 1.31 bits per heavy atom. The van der Waals surface area contributed by atoms with Gasteiger partial charge in [0, 0.05) is 12.2 Å². The molecule has 1 aliphatic heterocycles. The first-order valence-electron chi connectivity index (χ1n) is 5.67. The van der Waals surface area contributed by atoms with E-state index >= 15 is 0 Å². The van der Waals surface area contributed by atoms with Gasteiger partial charge < -0.3 is 15.4 Å². The zero-order valence-electron chi connectivity index (χ0n) is 10.0. The number of aryl methyl sites for hydroxylation is 1. The van der Waals surface area contributed by atoms with Crippen LogP contribution in [-0.2, 0) is 5.41 Å². The van der Waals surface area contributed by atoms with Crippen molar-refractivity contribution in [1.29, 1.82) is 0 Å².